The van der Waals surface area contributed by atoms with Crippen LogP contribution in [0.5, 0.6) is 0 Å². The maximum absolute atomic E-state index is 5.12. The van der Waals surface area contributed by atoms with Crippen LogP contribution in [0.25, 0.3) is 0 Å². The van der Waals surface area contributed by atoms with Gasteiger partial charge in [0, 0.05) is 8.96 Å². The van der Waals surface area contributed by atoms with E-state index < -0.39 is 0 Å². The summed E-state index contributed by atoms with van der Waals surface area (Å²) in [5.41, 5.74) is 0. The zero-order valence-corrected chi connectivity index (χ0v) is 9.91. The molecule has 1 nitrogen and oxygen atoms in total. The van der Waals surface area contributed by atoms with Crippen molar-refractivity contribution in [3.05, 3.63) is 21.5 Å². The Morgan fingerprint density at radius 3 is 1.73 bits per heavy atom. The fourth-order valence-electron chi connectivity index (χ4n) is 0.348. The van der Waals surface area contributed by atoms with Crippen LogP contribution >= 0.6 is 31.9 Å². The van der Waals surface area contributed by atoms with Crippen LogP contribution < -0.4 is 0 Å². The second-order valence-corrected chi connectivity index (χ2v) is 4.01. The summed E-state index contributed by atoms with van der Waals surface area (Å²) in [5.74, 6) is 0. The van der Waals surface area contributed by atoms with Gasteiger partial charge in [-0.05, 0) is 12.8 Å². The monoisotopic (exact) mass is 282 g/mol. The third-order valence-electron chi connectivity index (χ3n) is 1.07. The summed E-state index contributed by atoms with van der Waals surface area (Å²) in [6.07, 6.45) is 5.29. The van der Waals surface area contributed by atoms with Crippen LogP contribution in [0.3, 0.4) is 0 Å². The number of rotatable bonds is 4. The van der Waals surface area contributed by atoms with Crippen LogP contribution in [0.15, 0.2) is 21.5 Å². The lowest BCUT2D eigenvalue weighted by atomic mass is 10.5. The minimum Gasteiger partial charge on any atom is -0.471 e. The SMILES string of the molecule is CCC(Br)=COC=C(Br)CC. The first kappa shape index (κ1) is 11.2. The number of halogens is 2. The molecule has 0 radical (unpaired) electrons. The molecule has 64 valence electrons. The van der Waals surface area contributed by atoms with E-state index in [4.69, 9.17) is 4.74 Å². The fourth-order valence-corrected chi connectivity index (χ4v) is 0.564. The highest BCUT2D eigenvalue weighted by molar-refractivity contribution is 9.12. The molecule has 0 aromatic heterocycles. The molecular weight excluding hydrogens is 272 g/mol. The molecule has 0 unspecified atom stereocenters. The van der Waals surface area contributed by atoms with E-state index in [0.29, 0.717) is 0 Å². The highest BCUT2D eigenvalue weighted by atomic mass is 79.9. The second kappa shape index (κ2) is 6.92. The molecule has 0 saturated heterocycles. The average Bonchev–Trinajstić information content (AvgIpc) is 2.04. The number of ether oxygens (including phenoxy) is 1. The lowest BCUT2D eigenvalue weighted by Crippen LogP contribution is -1.72. The van der Waals surface area contributed by atoms with E-state index in [1.807, 2.05) is 0 Å². The molecule has 0 amide bonds. The largest absolute Gasteiger partial charge is 0.471 e. The molecule has 0 heterocycles. The molecule has 0 fully saturated rings. The van der Waals surface area contributed by atoms with Crippen LogP contribution in [0.1, 0.15) is 26.7 Å². The van der Waals surface area contributed by atoms with E-state index in [1.165, 1.54) is 0 Å². The Kier molecular flexibility index (Phi) is 7.07. The zero-order chi connectivity index (χ0) is 8.69. The molecule has 0 aliphatic carbocycles. The molecule has 0 atom stereocenters. The van der Waals surface area contributed by atoms with Crippen LogP contribution in [-0.2, 0) is 4.74 Å². The van der Waals surface area contributed by atoms with Gasteiger partial charge in [0.25, 0.3) is 0 Å². The first-order valence-corrected chi connectivity index (χ1v) is 5.13. The molecule has 3 heteroatoms. The van der Waals surface area contributed by atoms with Crippen molar-refractivity contribution in [1.29, 1.82) is 0 Å². The predicted molar refractivity (Wildman–Crippen MR) is 55.7 cm³/mol. The maximum Gasteiger partial charge on any atom is 0.100 e. The molecular formula is C8H12Br2O. The molecule has 0 aromatic rings. The van der Waals surface area contributed by atoms with Crippen molar-refractivity contribution in [2.75, 3.05) is 0 Å². The van der Waals surface area contributed by atoms with Gasteiger partial charge in [0.05, 0.1) is 0 Å². The average molecular weight is 284 g/mol. The fraction of sp³-hybridized carbons (Fsp3) is 0.500. The Bertz CT molecular complexity index is 143. The summed E-state index contributed by atoms with van der Waals surface area (Å²) >= 11 is 6.68. The lowest BCUT2D eigenvalue weighted by molar-refractivity contribution is 0.397. The van der Waals surface area contributed by atoms with Gasteiger partial charge < -0.3 is 4.74 Å². The van der Waals surface area contributed by atoms with Crippen LogP contribution in [0, 0.1) is 0 Å². The van der Waals surface area contributed by atoms with Crippen LogP contribution in [0.4, 0.5) is 0 Å². The number of hydrogen-bond donors (Lipinski definition) is 0. The molecule has 0 aliphatic heterocycles. The van der Waals surface area contributed by atoms with Crippen molar-refractivity contribution < 1.29 is 4.74 Å². The summed E-state index contributed by atoms with van der Waals surface area (Å²) in [7, 11) is 0. The normalized spacial score (nSPS) is 13.5. The van der Waals surface area contributed by atoms with Gasteiger partial charge in [0.2, 0.25) is 0 Å². The Morgan fingerprint density at radius 1 is 1.09 bits per heavy atom. The van der Waals surface area contributed by atoms with Crippen molar-refractivity contribution in [3.8, 4) is 0 Å². The first-order valence-electron chi connectivity index (χ1n) is 3.55. The van der Waals surface area contributed by atoms with Gasteiger partial charge in [-0.3, -0.25) is 0 Å². The van der Waals surface area contributed by atoms with E-state index in [1.54, 1.807) is 12.5 Å². The standard InChI is InChI=1S/C8H12Br2O/c1-3-7(9)5-11-6-8(10)4-2/h5-6H,3-4H2,1-2H3. The Morgan fingerprint density at radius 2 is 1.45 bits per heavy atom. The summed E-state index contributed by atoms with van der Waals surface area (Å²) < 4.78 is 7.24. The van der Waals surface area contributed by atoms with Crippen molar-refractivity contribution in [2.45, 2.75) is 26.7 Å². The molecule has 0 rings (SSSR count). The van der Waals surface area contributed by atoms with E-state index in [9.17, 15) is 0 Å². The van der Waals surface area contributed by atoms with Crippen molar-refractivity contribution >= 4 is 31.9 Å². The Labute approximate surface area is 84.8 Å². The minimum absolute atomic E-state index is 0.956. The zero-order valence-electron chi connectivity index (χ0n) is 6.73. The molecule has 11 heavy (non-hydrogen) atoms. The summed E-state index contributed by atoms with van der Waals surface area (Å²) in [5, 5.41) is 0. The molecule has 0 saturated carbocycles. The third kappa shape index (κ3) is 6.63. The van der Waals surface area contributed by atoms with Gasteiger partial charge >= 0.3 is 0 Å². The van der Waals surface area contributed by atoms with Crippen LogP contribution in [-0.4, -0.2) is 0 Å². The predicted octanol–water partition coefficient (Wildman–Crippen LogP) is 4.30. The summed E-state index contributed by atoms with van der Waals surface area (Å²) in [6, 6.07) is 0. The van der Waals surface area contributed by atoms with Gasteiger partial charge in [-0.25, -0.2) is 0 Å². The Hall–Kier alpha value is 0.240. The van der Waals surface area contributed by atoms with Crippen molar-refractivity contribution in [1.82, 2.24) is 0 Å². The Balaban J connectivity index is 3.71. The van der Waals surface area contributed by atoms with E-state index in [2.05, 4.69) is 45.7 Å². The molecule has 0 spiro atoms. The first-order chi connectivity index (χ1) is 5.20. The third-order valence-corrected chi connectivity index (χ3v) is 2.56. The maximum atomic E-state index is 5.12. The van der Waals surface area contributed by atoms with Crippen molar-refractivity contribution in [3.63, 3.8) is 0 Å². The van der Waals surface area contributed by atoms with Gasteiger partial charge in [0.1, 0.15) is 12.5 Å². The smallest absolute Gasteiger partial charge is 0.100 e. The second-order valence-electron chi connectivity index (χ2n) is 1.97. The van der Waals surface area contributed by atoms with Gasteiger partial charge in [-0.15, -0.1) is 0 Å². The van der Waals surface area contributed by atoms with Gasteiger partial charge in [-0.2, -0.15) is 0 Å². The number of allylic oxidation sites excluding steroid dienone is 2. The number of hydrogen-bond acceptors (Lipinski definition) is 1. The topological polar surface area (TPSA) is 9.23 Å². The molecule has 0 bridgehead atoms. The van der Waals surface area contributed by atoms with E-state index in [-0.39, 0.29) is 0 Å². The summed E-state index contributed by atoms with van der Waals surface area (Å²) in [4.78, 5) is 0. The van der Waals surface area contributed by atoms with E-state index >= 15 is 0 Å². The highest BCUT2D eigenvalue weighted by Gasteiger charge is 1.86. The van der Waals surface area contributed by atoms with Gasteiger partial charge in [0.15, 0.2) is 0 Å². The highest BCUT2D eigenvalue weighted by Crippen LogP contribution is 2.12. The molecule has 0 N–H and O–H groups in total. The minimum atomic E-state index is 0.956. The quantitative estimate of drug-likeness (QED) is 0.699. The summed E-state index contributed by atoms with van der Waals surface area (Å²) in [6.45, 7) is 4.12. The van der Waals surface area contributed by atoms with E-state index in [0.717, 1.165) is 21.8 Å². The molecule has 0 aliphatic rings. The van der Waals surface area contributed by atoms with Crippen LogP contribution in [0.2, 0.25) is 0 Å². The molecule has 0 aromatic carbocycles. The van der Waals surface area contributed by atoms with Crippen molar-refractivity contribution in [2.24, 2.45) is 0 Å². The lowest BCUT2D eigenvalue weighted by Gasteiger charge is -1.94. The van der Waals surface area contributed by atoms with Gasteiger partial charge in [-0.1, -0.05) is 45.7 Å².